The van der Waals surface area contributed by atoms with Gasteiger partial charge in [0.1, 0.15) is 54.2 Å². The number of aliphatic hydroxyl groups is 5. The number of hydrogen-bond donors (Lipinski definition) is 7. The van der Waals surface area contributed by atoms with E-state index in [1.807, 2.05) is 27.7 Å². The van der Waals surface area contributed by atoms with Crippen molar-refractivity contribution in [2.45, 2.75) is 259 Å². The van der Waals surface area contributed by atoms with Gasteiger partial charge in [0, 0.05) is 120 Å². The molecule has 0 spiro atoms. The van der Waals surface area contributed by atoms with Crippen LogP contribution in [-0.4, -0.2) is 264 Å². The Bertz CT molecular complexity index is 3990. The molecule has 6 rings (SSSR count). The first kappa shape index (κ1) is 120. The van der Waals surface area contributed by atoms with Crippen molar-refractivity contribution in [1.82, 2.24) is 0 Å². The molecule has 20 atom stereocenters. The summed E-state index contributed by atoms with van der Waals surface area (Å²) in [5.41, 5.74) is 3.70. The van der Waals surface area contributed by atoms with Gasteiger partial charge in [-0.3, -0.25) is 58.6 Å². The van der Waals surface area contributed by atoms with Crippen molar-refractivity contribution >= 4 is 113 Å². The largest absolute Gasteiger partial charge is 1.00 e. The van der Waals surface area contributed by atoms with Crippen LogP contribution in [0, 0.1) is 38.0 Å². The molecule has 47 nitrogen and oxygen atoms in total. The molecule has 0 radical (unpaired) electrons. The Morgan fingerprint density at radius 1 is 0.455 bits per heavy atom. The van der Waals surface area contributed by atoms with E-state index in [9.17, 15) is 123 Å². The van der Waals surface area contributed by atoms with E-state index in [2.05, 4.69) is 14.9 Å². The molecule has 4 unspecified atom stereocenters. The number of hydrogen-bond acceptors (Lipinski definition) is 45. The molecule has 4 aliphatic heterocycles. The molecule has 0 amide bonds. The standard InChI is InChI=1S/C19H23NO10.C17H28O10S.C12H20O6.C11H21NO10S.C7H4ClNO4.C3H9NO3S.CH4.2Na/c1-5-15-10(2)16(26-11(3)21)17(27-12(4)22)18(29-15)30-19(23)28-14-8-6-13(7-9-14)20(24)25;1-5-13-10(2)15(24-11(3)18)16(25-12(4)19)17(26-13)27-14(20)8-6-7-9-28(21,22)23;1-5-9-6(2)10(16-7(3)13)11(12(15)18-9)17-8(4)14;12-22-23(18,19)4-2-1-3-7(14)21-11-10(17)9(16)8(15)6(5-13)20-11;8-7(10)13-6-3-1-5(2-4-6)9(11)12;4-2-1-3-8(5,6)7;;;/h6-10,15-18H,5H2,1-4H3;10,13,15-17H,5-9H2,1-4H3,(H,21,22,23);6,9-12,15H,5H2,1-4H3;6,8-11,13,15-17H,1-5,12H2;1-4H;1-4H2,(H,5,6,7);1H4;;/q;;;;;;;2*+1/p-2/t10-,15-,16+,17-,18?;10-,13-,15+,16-,17?;6-,9-,10+,11-,12?;6-,8-,9+,10-,11?;;;;;/m1111...../s1. The molecule has 4 heterocycles. The number of nitrogens with zero attached hydrogens (tertiary/aromatic N) is 2. The summed E-state index contributed by atoms with van der Waals surface area (Å²) >= 11 is 4.92. The maximum atomic E-state index is 12.2. The quantitative estimate of drug-likeness (QED) is 0.00450. The Morgan fingerprint density at radius 2 is 0.780 bits per heavy atom. The van der Waals surface area contributed by atoms with Gasteiger partial charge < -0.3 is 111 Å². The molecule has 0 bridgehead atoms. The van der Waals surface area contributed by atoms with E-state index in [0.29, 0.717) is 19.3 Å². The monoisotopic (exact) mass is 1870 g/mol. The van der Waals surface area contributed by atoms with Crippen LogP contribution in [0.3, 0.4) is 0 Å². The van der Waals surface area contributed by atoms with Gasteiger partial charge in [0.2, 0.25) is 31.1 Å². The second-order valence-corrected chi connectivity index (χ2v) is 31.4. The van der Waals surface area contributed by atoms with Crippen LogP contribution >= 0.6 is 11.6 Å². The zero-order valence-electron chi connectivity index (χ0n) is 69.2. The number of ether oxygens (including phenoxy) is 15. The number of non-ortho nitro benzene ring substituents is 2. The summed E-state index contributed by atoms with van der Waals surface area (Å²) in [7, 11) is -12.2. The molecule has 53 heteroatoms. The van der Waals surface area contributed by atoms with Crippen LogP contribution in [0.5, 0.6) is 11.5 Å². The summed E-state index contributed by atoms with van der Waals surface area (Å²) in [5, 5.41) is 68.5. The molecule has 2 aromatic carbocycles. The summed E-state index contributed by atoms with van der Waals surface area (Å²) in [6, 6.07) is 9.79. The van der Waals surface area contributed by atoms with Crippen molar-refractivity contribution in [3.8, 4) is 11.5 Å². The third kappa shape index (κ3) is 47.1. The average Bonchev–Trinajstić information content (AvgIpc) is 0.800. The van der Waals surface area contributed by atoms with Crippen molar-refractivity contribution in [2.75, 3.05) is 30.4 Å². The average molecular weight is 1870 g/mol. The van der Waals surface area contributed by atoms with Crippen LogP contribution in [0.4, 0.5) is 21.0 Å². The number of unbranched alkanes of at least 4 members (excludes halogenated alkanes) is 2. The van der Waals surface area contributed by atoms with E-state index >= 15 is 0 Å². The van der Waals surface area contributed by atoms with Crippen molar-refractivity contribution < 1.29 is 252 Å². The second kappa shape index (κ2) is 60.1. The summed E-state index contributed by atoms with van der Waals surface area (Å²) in [5.74, 6) is -2.41. The first-order chi connectivity index (χ1) is 55.8. The Labute approximate surface area is 758 Å². The summed E-state index contributed by atoms with van der Waals surface area (Å²) in [6.45, 7) is 17.9. The Balaban J connectivity index is -0.00000145. The number of rotatable bonds is 31. The van der Waals surface area contributed by atoms with Crippen molar-refractivity contribution in [2.24, 2.45) is 29.4 Å². The SMILES string of the molecule is C.CC[C@H]1OC(O)[C@H](OC(C)=O)[C@@H](OC(C)=O)[C@@H]1C.CC[C@H]1OC(OC(=O)CCCCS(=O)(=O)[O-])[C@H](OC(C)=O)[C@@H](OC(C)=O)[C@@H]1C.CC[C@H]1OC(OC(=O)Oc2ccc([N+](=O)[O-])cc2)[C@H](OC(C)=O)[C@@H](OC(C)=O)[C@@H]1C.NCCCS(=O)(=O)[O-].NOS(=O)(=O)CCCCC(=O)OC1O[C@H](CO)[C@@H](O)[C@H](O)[C@H]1O.O=C(Cl)Oc1ccc([N+](=O)[O-])cc1.[Na+].[Na+]. The van der Waals surface area contributed by atoms with Crippen LogP contribution in [-0.2, 0) is 135 Å². The molecular weight excluding hydrogens is 1760 g/mol. The van der Waals surface area contributed by atoms with Gasteiger partial charge in [0.15, 0.2) is 12.4 Å². The van der Waals surface area contributed by atoms with Gasteiger partial charge in [-0.1, -0.05) is 49.0 Å². The van der Waals surface area contributed by atoms with Crippen LogP contribution in [0.1, 0.15) is 155 Å². The molecule has 4 saturated heterocycles. The number of nitro groups is 2. The molecule has 4 fully saturated rings. The maximum Gasteiger partial charge on any atom is 1.00 e. The minimum atomic E-state index is -4.34. The predicted octanol–water partition coefficient (Wildman–Crippen LogP) is -3.19. The van der Waals surface area contributed by atoms with E-state index in [-0.39, 0.29) is 176 Å². The van der Waals surface area contributed by atoms with Crippen LogP contribution in [0.15, 0.2) is 48.5 Å². The van der Waals surface area contributed by atoms with E-state index in [0.717, 1.165) is 19.1 Å². The van der Waals surface area contributed by atoms with Crippen molar-refractivity contribution in [1.29, 1.82) is 0 Å². The number of carbonyl (C=O) groups is 10. The van der Waals surface area contributed by atoms with E-state index < -0.39 is 210 Å². The zero-order valence-corrected chi connectivity index (χ0v) is 76.4. The van der Waals surface area contributed by atoms with Gasteiger partial charge in [-0.15, -0.1) is 0 Å². The number of aliphatic hydroxyl groups excluding tert-OH is 5. The van der Waals surface area contributed by atoms with Gasteiger partial charge in [0.25, 0.3) is 21.5 Å². The number of benzene rings is 2. The molecule has 9 N–H and O–H groups in total. The van der Waals surface area contributed by atoms with Crippen molar-refractivity contribution in [3.05, 3.63) is 68.8 Å². The number of nitro benzene ring substituents is 2. The van der Waals surface area contributed by atoms with E-state index in [4.69, 9.17) is 88.8 Å². The number of halogens is 1. The fraction of sp³-hybridized carbons (Fsp3) is 0.686. The van der Waals surface area contributed by atoms with E-state index in [1.54, 1.807) is 13.8 Å². The summed E-state index contributed by atoms with van der Waals surface area (Å²) < 4.78 is 165. The van der Waals surface area contributed by atoms with Gasteiger partial charge in [-0.05, 0) is 82.2 Å². The molecular formula is C70H107ClN4Na2O43S3. The molecule has 0 saturated carbocycles. The Kier molecular flexibility index (Phi) is 58.9. The molecule has 2 aromatic rings. The number of carbonyl (C=O) groups excluding carboxylic acids is 10. The first-order valence-corrected chi connectivity index (χ1v) is 41.7. The van der Waals surface area contributed by atoms with Crippen molar-refractivity contribution in [3.63, 3.8) is 0 Å². The van der Waals surface area contributed by atoms with Gasteiger partial charge in [-0.25, -0.2) is 26.4 Å². The minimum Gasteiger partial charge on any atom is -0.748 e. The van der Waals surface area contributed by atoms with Crippen LogP contribution in [0.25, 0.3) is 0 Å². The Hall–Kier alpha value is -6.68. The normalized spacial score (nSPS) is 25.5. The fourth-order valence-corrected chi connectivity index (χ4v) is 13.1. The molecule has 4 aliphatic rings. The third-order valence-corrected chi connectivity index (χ3v) is 19.6. The topological polar surface area (TPSA) is 706 Å². The smallest absolute Gasteiger partial charge is 0.748 e. The van der Waals surface area contributed by atoms with Gasteiger partial charge in [-0.2, -0.15) is 18.6 Å². The minimum absolute atomic E-state index is 0. The first-order valence-electron chi connectivity index (χ1n) is 36.6. The zero-order chi connectivity index (χ0) is 91.9. The summed E-state index contributed by atoms with van der Waals surface area (Å²) in [4.78, 5) is 134. The molecule has 123 heavy (non-hydrogen) atoms. The Morgan fingerprint density at radius 3 is 1.11 bits per heavy atom. The van der Waals surface area contributed by atoms with Gasteiger partial charge >= 0.3 is 118 Å². The third-order valence-electron chi connectivity index (χ3n) is 16.9. The molecule has 0 aromatic heterocycles. The van der Waals surface area contributed by atoms with Crippen LogP contribution in [0.2, 0.25) is 0 Å². The fourth-order valence-electron chi connectivity index (χ4n) is 11.3. The summed E-state index contributed by atoms with van der Waals surface area (Å²) in [6.07, 6.45) is -17.5. The number of nitrogens with two attached hydrogens (primary N) is 2. The molecule has 692 valence electrons. The molecule has 0 aliphatic carbocycles. The van der Waals surface area contributed by atoms with Crippen LogP contribution < -0.4 is 80.2 Å². The number of esters is 8. The maximum absolute atomic E-state index is 12.2. The second-order valence-electron chi connectivity index (χ2n) is 26.3. The van der Waals surface area contributed by atoms with Gasteiger partial charge in [0.05, 0.1) is 60.8 Å². The van der Waals surface area contributed by atoms with E-state index in [1.165, 1.54) is 71.0 Å². The predicted molar refractivity (Wildman–Crippen MR) is 407 cm³/mol.